The predicted octanol–water partition coefficient (Wildman–Crippen LogP) is 3.25. The minimum absolute atomic E-state index is 0.106. The van der Waals surface area contributed by atoms with Gasteiger partial charge in [-0.2, -0.15) is 0 Å². The third kappa shape index (κ3) is 2.96. The van der Waals surface area contributed by atoms with Gasteiger partial charge in [0.25, 0.3) is 0 Å². The van der Waals surface area contributed by atoms with Gasteiger partial charge in [-0.05, 0) is 36.0 Å². The fourth-order valence-electron chi connectivity index (χ4n) is 2.87. The zero-order valence-electron chi connectivity index (χ0n) is 12.9. The second kappa shape index (κ2) is 6.18. The number of aromatic nitrogens is 1. The Morgan fingerprint density at radius 2 is 2.05 bits per heavy atom. The number of pyridine rings is 1. The average Bonchev–Trinajstić information content (AvgIpc) is 3.34. The second-order valence-corrected chi connectivity index (χ2v) is 5.70. The van der Waals surface area contributed by atoms with Gasteiger partial charge in [0.1, 0.15) is 5.69 Å². The first kappa shape index (κ1) is 14.6. The van der Waals surface area contributed by atoms with Gasteiger partial charge in [0.2, 0.25) is 11.8 Å². The van der Waals surface area contributed by atoms with Gasteiger partial charge in [-0.15, -0.1) is 0 Å². The van der Waals surface area contributed by atoms with Crippen molar-refractivity contribution in [3.8, 4) is 5.88 Å². The van der Waals surface area contributed by atoms with Crippen molar-refractivity contribution in [3.63, 3.8) is 0 Å². The molecule has 1 saturated carbocycles. The van der Waals surface area contributed by atoms with Crippen molar-refractivity contribution in [1.82, 2.24) is 4.98 Å². The molecule has 0 saturated heterocycles. The lowest BCUT2D eigenvalue weighted by atomic mass is 10.1. The molecule has 3 rings (SSSR count). The molecule has 0 N–H and O–H groups in total. The maximum absolute atomic E-state index is 12.5. The molecule has 0 bridgehead atoms. The fraction of sp³-hybridized carbons (Fsp3) is 0.333. The van der Waals surface area contributed by atoms with Crippen LogP contribution in [0.4, 0.5) is 5.69 Å². The van der Waals surface area contributed by atoms with E-state index in [1.54, 1.807) is 25.3 Å². The number of benzene rings is 1. The molecule has 4 heteroatoms. The minimum atomic E-state index is 0.106. The summed E-state index contributed by atoms with van der Waals surface area (Å²) in [5.74, 6) is 1.55. The molecular weight excluding hydrogens is 276 g/mol. The summed E-state index contributed by atoms with van der Waals surface area (Å²) in [6.07, 6.45) is 3.31. The molecule has 1 amide bonds. The van der Waals surface area contributed by atoms with Crippen LogP contribution in [-0.2, 0) is 4.79 Å². The Bertz CT molecular complexity index is 657. The summed E-state index contributed by atoms with van der Waals surface area (Å²) in [6.45, 7) is 0. The van der Waals surface area contributed by atoms with E-state index in [1.165, 1.54) is 5.56 Å². The molecule has 1 fully saturated rings. The van der Waals surface area contributed by atoms with Crippen molar-refractivity contribution in [2.24, 2.45) is 5.92 Å². The van der Waals surface area contributed by atoms with Gasteiger partial charge in [0.15, 0.2) is 0 Å². The van der Waals surface area contributed by atoms with Crippen LogP contribution >= 0.6 is 0 Å². The minimum Gasteiger partial charge on any atom is -0.480 e. The number of carbonyl (C=O) groups is 1. The molecule has 1 heterocycles. The number of hydrogen-bond donors (Lipinski definition) is 0. The van der Waals surface area contributed by atoms with Crippen LogP contribution in [0.5, 0.6) is 5.88 Å². The molecule has 22 heavy (non-hydrogen) atoms. The van der Waals surface area contributed by atoms with Crippen molar-refractivity contribution in [2.75, 3.05) is 19.1 Å². The van der Waals surface area contributed by atoms with Gasteiger partial charge in [0.05, 0.1) is 7.11 Å². The molecule has 0 radical (unpaired) electrons. The van der Waals surface area contributed by atoms with Gasteiger partial charge in [-0.3, -0.25) is 4.79 Å². The standard InChI is InChI=1S/C18H20N2O2/c1-20(16-9-6-10-19-18(16)22-2)17(21)12-14-11-15(14)13-7-4-3-5-8-13/h3-10,14-15H,11-12H2,1-2H3/t14-,15-/m0/s1. The van der Waals surface area contributed by atoms with Gasteiger partial charge < -0.3 is 9.64 Å². The van der Waals surface area contributed by atoms with Crippen LogP contribution in [0, 0.1) is 5.92 Å². The smallest absolute Gasteiger partial charge is 0.237 e. The van der Waals surface area contributed by atoms with E-state index in [2.05, 4.69) is 29.2 Å². The van der Waals surface area contributed by atoms with E-state index in [1.807, 2.05) is 18.2 Å². The van der Waals surface area contributed by atoms with E-state index in [9.17, 15) is 4.79 Å². The first-order valence-electron chi connectivity index (χ1n) is 7.51. The summed E-state index contributed by atoms with van der Waals surface area (Å²) in [6, 6.07) is 14.1. The molecule has 1 aliphatic carbocycles. The molecule has 0 spiro atoms. The molecule has 114 valence electrons. The molecule has 1 aromatic carbocycles. The van der Waals surface area contributed by atoms with Crippen molar-refractivity contribution >= 4 is 11.6 Å². The number of amides is 1. The van der Waals surface area contributed by atoms with E-state index in [0.717, 1.165) is 6.42 Å². The van der Waals surface area contributed by atoms with Gasteiger partial charge in [0, 0.05) is 19.7 Å². The number of carbonyl (C=O) groups excluding carboxylic acids is 1. The Labute approximate surface area is 130 Å². The number of rotatable bonds is 5. The first-order chi connectivity index (χ1) is 10.7. The molecule has 2 aromatic rings. The largest absolute Gasteiger partial charge is 0.480 e. The zero-order chi connectivity index (χ0) is 15.5. The monoisotopic (exact) mass is 296 g/mol. The van der Waals surface area contributed by atoms with Crippen molar-refractivity contribution in [1.29, 1.82) is 0 Å². The van der Waals surface area contributed by atoms with Crippen LogP contribution in [0.15, 0.2) is 48.7 Å². The van der Waals surface area contributed by atoms with Crippen LogP contribution in [0.1, 0.15) is 24.3 Å². The molecule has 1 aliphatic rings. The molecule has 0 unspecified atom stereocenters. The summed E-state index contributed by atoms with van der Waals surface area (Å²) < 4.78 is 5.22. The highest BCUT2D eigenvalue weighted by atomic mass is 16.5. The summed E-state index contributed by atoms with van der Waals surface area (Å²) in [5, 5.41) is 0. The Hall–Kier alpha value is -2.36. The zero-order valence-corrected chi connectivity index (χ0v) is 12.9. The van der Waals surface area contributed by atoms with E-state index in [0.29, 0.717) is 29.8 Å². The molecule has 1 aromatic heterocycles. The van der Waals surface area contributed by atoms with Crippen LogP contribution < -0.4 is 9.64 Å². The number of nitrogens with zero attached hydrogens (tertiary/aromatic N) is 2. The third-order valence-corrected chi connectivity index (χ3v) is 4.27. The van der Waals surface area contributed by atoms with E-state index in [4.69, 9.17) is 4.74 Å². The first-order valence-corrected chi connectivity index (χ1v) is 7.51. The lowest BCUT2D eigenvalue weighted by Gasteiger charge is -2.19. The molecule has 4 nitrogen and oxygen atoms in total. The topological polar surface area (TPSA) is 42.4 Å². The number of ether oxygens (including phenoxy) is 1. The summed E-state index contributed by atoms with van der Waals surface area (Å²) in [5.41, 5.74) is 2.05. The third-order valence-electron chi connectivity index (χ3n) is 4.27. The summed E-state index contributed by atoms with van der Waals surface area (Å²) in [4.78, 5) is 18.3. The normalized spacial score (nSPS) is 19.5. The van der Waals surface area contributed by atoms with Gasteiger partial charge >= 0.3 is 0 Å². The van der Waals surface area contributed by atoms with Gasteiger partial charge in [-0.1, -0.05) is 30.3 Å². The highest BCUT2D eigenvalue weighted by Crippen LogP contribution is 2.49. The van der Waals surface area contributed by atoms with E-state index < -0.39 is 0 Å². The SMILES string of the molecule is COc1ncccc1N(C)C(=O)C[C@@H]1C[C@H]1c1ccccc1. The van der Waals surface area contributed by atoms with Crippen LogP contribution in [0.3, 0.4) is 0 Å². The Morgan fingerprint density at radius 1 is 1.27 bits per heavy atom. The Balaban J connectivity index is 1.63. The van der Waals surface area contributed by atoms with E-state index >= 15 is 0 Å². The number of anilines is 1. The lowest BCUT2D eigenvalue weighted by Crippen LogP contribution is -2.27. The van der Waals surface area contributed by atoms with Gasteiger partial charge in [-0.25, -0.2) is 4.98 Å². The quantitative estimate of drug-likeness (QED) is 0.850. The summed E-state index contributed by atoms with van der Waals surface area (Å²) in [7, 11) is 3.35. The average molecular weight is 296 g/mol. The summed E-state index contributed by atoms with van der Waals surface area (Å²) >= 11 is 0. The van der Waals surface area contributed by atoms with Crippen LogP contribution in [0.25, 0.3) is 0 Å². The number of hydrogen-bond acceptors (Lipinski definition) is 3. The van der Waals surface area contributed by atoms with Crippen LogP contribution in [0.2, 0.25) is 0 Å². The molecule has 0 aliphatic heterocycles. The fourth-order valence-corrected chi connectivity index (χ4v) is 2.87. The number of methoxy groups -OCH3 is 1. The Morgan fingerprint density at radius 3 is 2.77 bits per heavy atom. The second-order valence-electron chi connectivity index (χ2n) is 5.70. The maximum Gasteiger partial charge on any atom is 0.237 e. The highest BCUT2D eigenvalue weighted by molar-refractivity contribution is 5.94. The predicted molar refractivity (Wildman–Crippen MR) is 86.1 cm³/mol. The Kier molecular flexibility index (Phi) is 4.09. The van der Waals surface area contributed by atoms with Crippen molar-refractivity contribution < 1.29 is 9.53 Å². The van der Waals surface area contributed by atoms with Crippen molar-refractivity contribution in [2.45, 2.75) is 18.8 Å². The van der Waals surface area contributed by atoms with Crippen LogP contribution in [-0.4, -0.2) is 25.0 Å². The molecular formula is C18H20N2O2. The maximum atomic E-state index is 12.5. The van der Waals surface area contributed by atoms with E-state index in [-0.39, 0.29) is 5.91 Å². The van der Waals surface area contributed by atoms with Crippen molar-refractivity contribution in [3.05, 3.63) is 54.2 Å². The highest BCUT2D eigenvalue weighted by Gasteiger charge is 2.40. The lowest BCUT2D eigenvalue weighted by molar-refractivity contribution is -0.118. The molecule has 2 atom stereocenters.